The van der Waals surface area contributed by atoms with E-state index in [9.17, 15) is 9.59 Å². The molecule has 1 fully saturated rings. The van der Waals surface area contributed by atoms with Crippen molar-refractivity contribution in [2.45, 2.75) is 32.5 Å². The van der Waals surface area contributed by atoms with Crippen molar-refractivity contribution in [1.29, 1.82) is 0 Å². The fourth-order valence-corrected chi connectivity index (χ4v) is 3.80. The lowest BCUT2D eigenvalue weighted by Gasteiger charge is -2.19. The number of anilines is 1. The van der Waals surface area contributed by atoms with Gasteiger partial charge in [-0.15, -0.1) is 0 Å². The number of aromatic nitrogens is 2. The molecule has 0 bridgehead atoms. The summed E-state index contributed by atoms with van der Waals surface area (Å²) in [5.41, 5.74) is 3.59. The Kier molecular flexibility index (Phi) is 4.69. The largest absolute Gasteiger partial charge is 0.497 e. The van der Waals surface area contributed by atoms with Crippen molar-refractivity contribution >= 4 is 17.5 Å². The Labute approximate surface area is 183 Å². The van der Waals surface area contributed by atoms with Crippen LogP contribution in [0.15, 0.2) is 57.3 Å². The van der Waals surface area contributed by atoms with E-state index in [4.69, 9.17) is 9.26 Å². The highest BCUT2D eigenvalue weighted by Gasteiger charge is 2.55. The number of hydrogen-bond acceptors (Lipinski definition) is 9. The lowest BCUT2D eigenvalue weighted by Crippen LogP contribution is -2.39. The summed E-state index contributed by atoms with van der Waals surface area (Å²) in [6, 6.07) is 10.9. The van der Waals surface area contributed by atoms with E-state index in [1.54, 1.807) is 31.4 Å². The third kappa shape index (κ3) is 3.20. The fourth-order valence-electron chi connectivity index (χ4n) is 3.80. The van der Waals surface area contributed by atoms with Gasteiger partial charge in [0.1, 0.15) is 12.3 Å². The molecule has 1 aromatic heterocycles. The van der Waals surface area contributed by atoms with Crippen molar-refractivity contribution in [2.24, 2.45) is 10.3 Å². The molecule has 0 radical (unpaired) electrons. The highest BCUT2D eigenvalue weighted by atomic mass is 16.5. The van der Waals surface area contributed by atoms with Crippen molar-refractivity contribution in [3.05, 3.63) is 59.5 Å². The van der Waals surface area contributed by atoms with E-state index in [-0.39, 0.29) is 12.4 Å². The summed E-state index contributed by atoms with van der Waals surface area (Å²) in [4.78, 5) is 31.5. The van der Waals surface area contributed by atoms with Crippen LogP contribution >= 0.6 is 0 Å². The second-order valence-corrected chi connectivity index (χ2v) is 7.71. The normalized spacial score (nSPS) is 19.7. The molecule has 5 rings (SSSR count). The van der Waals surface area contributed by atoms with Crippen LogP contribution in [0.2, 0.25) is 0 Å². The summed E-state index contributed by atoms with van der Waals surface area (Å²) in [5, 5.41) is 13.5. The van der Waals surface area contributed by atoms with Crippen LogP contribution in [-0.4, -0.2) is 46.2 Å². The van der Waals surface area contributed by atoms with E-state index in [2.05, 4.69) is 20.5 Å². The molecule has 2 aliphatic rings. The number of rotatable bonds is 5. The number of carbonyl (C=O) groups is 2. The third-order valence-electron chi connectivity index (χ3n) is 5.72. The zero-order valence-electron chi connectivity index (χ0n) is 17.7. The molecule has 0 spiro atoms. The molecule has 0 aliphatic carbocycles. The smallest absolute Gasteiger partial charge is 0.263 e. The molecular weight excluding hydrogens is 412 g/mol. The lowest BCUT2D eigenvalue weighted by molar-refractivity contribution is -0.123. The summed E-state index contributed by atoms with van der Waals surface area (Å²) in [7, 11) is 1.55. The molecule has 0 unspecified atom stereocenters. The minimum Gasteiger partial charge on any atom is -0.497 e. The SMILES string of the molecule is COc1ccc(N2C(=O)[C@@H]3[C@@H](N=NN3Cc3nc(-c4ccc(C)c(C)c4)no3)C2=O)cc1. The molecule has 162 valence electrons. The number of fused-ring (bicyclic) bond motifs is 1. The molecule has 3 aromatic rings. The van der Waals surface area contributed by atoms with Gasteiger partial charge in [-0.1, -0.05) is 22.5 Å². The second kappa shape index (κ2) is 7.56. The van der Waals surface area contributed by atoms with Gasteiger partial charge in [0.25, 0.3) is 11.8 Å². The van der Waals surface area contributed by atoms with Crippen molar-refractivity contribution < 1.29 is 18.8 Å². The minimum absolute atomic E-state index is 0.0674. The molecule has 2 amide bonds. The molecule has 2 atom stereocenters. The first-order valence-electron chi connectivity index (χ1n) is 10.1. The maximum atomic E-state index is 13.1. The van der Waals surface area contributed by atoms with Gasteiger partial charge in [0.15, 0.2) is 12.1 Å². The summed E-state index contributed by atoms with van der Waals surface area (Å²) in [5.74, 6) is 0.539. The van der Waals surface area contributed by atoms with E-state index in [0.717, 1.165) is 16.0 Å². The zero-order chi connectivity index (χ0) is 22.4. The second-order valence-electron chi connectivity index (χ2n) is 7.71. The third-order valence-corrected chi connectivity index (χ3v) is 5.72. The molecular formula is C22H20N6O4. The van der Waals surface area contributed by atoms with Crippen molar-refractivity contribution in [3.8, 4) is 17.1 Å². The van der Waals surface area contributed by atoms with Crippen molar-refractivity contribution in [1.82, 2.24) is 15.1 Å². The van der Waals surface area contributed by atoms with E-state index in [1.807, 2.05) is 32.0 Å². The number of carbonyl (C=O) groups excluding carboxylic acids is 2. The van der Waals surface area contributed by atoms with Gasteiger partial charge in [-0.2, -0.15) is 10.1 Å². The van der Waals surface area contributed by atoms with Crippen LogP contribution < -0.4 is 9.64 Å². The summed E-state index contributed by atoms with van der Waals surface area (Å²) < 4.78 is 10.5. The predicted molar refractivity (Wildman–Crippen MR) is 113 cm³/mol. The first-order chi connectivity index (χ1) is 15.5. The van der Waals surface area contributed by atoms with Crippen LogP contribution in [0.1, 0.15) is 17.0 Å². The fraction of sp³-hybridized carbons (Fsp3) is 0.273. The van der Waals surface area contributed by atoms with Crippen LogP contribution in [0.25, 0.3) is 11.4 Å². The number of hydrogen-bond donors (Lipinski definition) is 0. The molecule has 0 saturated carbocycles. The maximum absolute atomic E-state index is 13.1. The molecule has 3 heterocycles. The highest BCUT2D eigenvalue weighted by molar-refractivity contribution is 6.25. The van der Waals surface area contributed by atoms with Gasteiger partial charge in [0.2, 0.25) is 11.7 Å². The molecule has 10 heteroatoms. The van der Waals surface area contributed by atoms with Gasteiger partial charge in [-0.05, 0) is 55.3 Å². The topological polar surface area (TPSA) is 113 Å². The number of nitrogens with zero attached hydrogens (tertiary/aromatic N) is 6. The van der Waals surface area contributed by atoms with Crippen LogP contribution in [0.3, 0.4) is 0 Å². The Bertz CT molecular complexity index is 1240. The highest BCUT2D eigenvalue weighted by Crippen LogP contribution is 2.33. The zero-order valence-corrected chi connectivity index (χ0v) is 17.7. The number of aryl methyl sites for hydroxylation is 2. The molecule has 2 aliphatic heterocycles. The Morgan fingerprint density at radius 1 is 1.03 bits per heavy atom. The number of imide groups is 1. The van der Waals surface area contributed by atoms with Gasteiger partial charge >= 0.3 is 0 Å². The summed E-state index contributed by atoms with van der Waals surface area (Å²) >= 11 is 0. The van der Waals surface area contributed by atoms with Crippen molar-refractivity contribution in [3.63, 3.8) is 0 Å². The van der Waals surface area contributed by atoms with Gasteiger partial charge in [-0.25, -0.2) is 4.90 Å². The maximum Gasteiger partial charge on any atom is 0.263 e. The van der Waals surface area contributed by atoms with Gasteiger partial charge in [0, 0.05) is 5.56 Å². The van der Waals surface area contributed by atoms with E-state index >= 15 is 0 Å². The van der Waals surface area contributed by atoms with Gasteiger partial charge in [-0.3, -0.25) is 14.6 Å². The molecule has 10 nitrogen and oxygen atoms in total. The lowest BCUT2D eigenvalue weighted by atomic mass is 10.1. The molecule has 1 saturated heterocycles. The Morgan fingerprint density at radius 3 is 2.53 bits per heavy atom. The van der Waals surface area contributed by atoms with Crippen LogP contribution in [-0.2, 0) is 16.1 Å². The standard InChI is InChI=1S/C22H20N6O4/c1-12-4-5-14(10-13(12)2)20-23-17(32-25-20)11-27-19-18(24-26-27)21(29)28(22(19)30)15-6-8-16(31-3)9-7-15/h4-10,18-19H,11H2,1-3H3/t18-,19+/m1/s1. The number of ether oxygens (including phenoxy) is 1. The first kappa shape index (κ1) is 19.9. The average molecular weight is 432 g/mol. The van der Waals surface area contributed by atoms with Gasteiger partial charge in [0.05, 0.1) is 12.8 Å². The monoisotopic (exact) mass is 432 g/mol. The predicted octanol–water partition coefficient (Wildman–Crippen LogP) is 2.86. The molecule has 0 N–H and O–H groups in total. The Balaban J connectivity index is 1.35. The Hall–Kier alpha value is -4.08. The van der Waals surface area contributed by atoms with Gasteiger partial charge < -0.3 is 9.26 Å². The number of benzene rings is 2. The van der Waals surface area contributed by atoms with E-state index in [0.29, 0.717) is 17.3 Å². The summed E-state index contributed by atoms with van der Waals surface area (Å²) in [6.45, 7) is 4.12. The van der Waals surface area contributed by atoms with Crippen LogP contribution in [0.5, 0.6) is 5.75 Å². The van der Waals surface area contributed by atoms with Crippen LogP contribution in [0.4, 0.5) is 5.69 Å². The first-order valence-corrected chi connectivity index (χ1v) is 10.1. The number of amides is 2. The Morgan fingerprint density at radius 2 is 1.81 bits per heavy atom. The van der Waals surface area contributed by atoms with Crippen LogP contribution in [0, 0.1) is 13.8 Å². The summed E-state index contributed by atoms with van der Waals surface area (Å²) in [6.07, 6.45) is 0. The quantitative estimate of drug-likeness (QED) is 0.570. The van der Waals surface area contributed by atoms with E-state index in [1.165, 1.54) is 10.6 Å². The number of methoxy groups -OCH3 is 1. The average Bonchev–Trinajstić information content (AvgIpc) is 3.49. The van der Waals surface area contributed by atoms with E-state index < -0.39 is 23.9 Å². The molecule has 2 aromatic carbocycles. The van der Waals surface area contributed by atoms with Crippen molar-refractivity contribution in [2.75, 3.05) is 12.0 Å². The minimum atomic E-state index is -0.897. The molecule has 32 heavy (non-hydrogen) atoms.